The van der Waals surface area contributed by atoms with Gasteiger partial charge in [0.05, 0.1) is 18.1 Å². The largest absolute Gasteiger partial charge is 0.381 e. The van der Waals surface area contributed by atoms with Gasteiger partial charge < -0.3 is 9.64 Å². The predicted octanol–water partition coefficient (Wildman–Crippen LogP) is 3.72. The number of carbonyl (C=O) groups excluding carboxylic acids is 1. The molecule has 1 saturated carbocycles. The minimum atomic E-state index is 0.00984. The van der Waals surface area contributed by atoms with Crippen molar-refractivity contribution in [2.45, 2.75) is 57.1 Å². The quantitative estimate of drug-likeness (QED) is 0.798. The van der Waals surface area contributed by atoms with Crippen LogP contribution in [0.25, 0.3) is 0 Å². The Morgan fingerprint density at radius 2 is 2.04 bits per heavy atom. The summed E-state index contributed by atoms with van der Waals surface area (Å²) in [4.78, 5) is 18.5. The van der Waals surface area contributed by atoms with E-state index in [1.165, 1.54) is 30.6 Å². The van der Waals surface area contributed by atoms with Gasteiger partial charge in [0.15, 0.2) is 0 Å². The molecule has 0 radical (unpaired) electrons. The van der Waals surface area contributed by atoms with E-state index in [1.807, 2.05) is 18.3 Å². The van der Waals surface area contributed by atoms with Gasteiger partial charge in [-0.25, -0.2) is 0 Å². The fraction of sp³-hybridized carbons (Fsp3) is 0.750. The van der Waals surface area contributed by atoms with E-state index in [9.17, 15) is 4.79 Å². The Morgan fingerprint density at radius 3 is 2.60 bits per heavy atom. The molecule has 0 aromatic carbocycles. The van der Waals surface area contributed by atoms with E-state index in [1.54, 1.807) is 7.11 Å². The van der Waals surface area contributed by atoms with Crippen LogP contribution in [-0.4, -0.2) is 56.1 Å². The number of thiophene rings is 1. The Morgan fingerprint density at radius 1 is 1.32 bits per heavy atom. The summed E-state index contributed by atoms with van der Waals surface area (Å²) < 4.78 is 5.26. The third kappa shape index (κ3) is 3.64. The molecule has 1 amide bonds. The van der Waals surface area contributed by atoms with Crippen LogP contribution >= 0.6 is 11.3 Å². The second kappa shape index (κ2) is 7.37. The Balaban J connectivity index is 1.65. The molecule has 0 bridgehead atoms. The van der Waals surface area contributed by atoms with Crippen molar-refractivity contribution in [1.29, 1.82) is 0 Å². The third-order valence-corrected chi connectivity index (χ3v) is 7.69. The highest BCUT2D eigenvalue weighted by molar-refractivity contribution is 7.10. The molecule has 0 N–H and O–H groups in total. The summed E-state index contributed by atoms with van der Waals surface area (Å²) in [6.07, 6.45) is 6.49. The molecule has 4 nitrogen and oxygen atoms in total. The summed E-state index contributed by atoms with van der Waals surface area (Å²) >= 11 is 1.88. The van der Waals surface area contributed by atoms with Crippen molar-refractivity contribution in [3.05, 3.63) is 22.4 Å². The molecule has 1 atom stereocenters. The lowest BCUT2D eigenvalue weighted by atomic mass is 9.66. The molecule has 1 unspecified atom stereocenters. The number of ether oxygens (including phenoxy) is 1. The number of carbonyl (C=O) groups is 1. The maximum absolute atomic E-state index is 12.5. The highest BCUT2D eigenvalue weighted by Gasteiger charge is 2.48. The average Bonchev–Trinajstić information content (AvgIpc) is 3.26. The highest BCUT2D eigenvalue weighted by atomic mass is 32.1. The third-order valence-electron chi connectivity index (χ3n) is 6.63. The first-order chi connectivity index (χ1) is 11.9. The molecule has 140 valence electrons. The summed E-state index contributed by atoms with van der Waals surface area (Å²) in [5.74, 6) is 0.258. The molecular weight excluding hydrogens is 332 g/mol. The monoisotopic (exact) mass is 364 g/mol. The van der Waals surface area contributed by atoms with E-state index in [0.29, 0.717) is 11.8 Å². The van der Waals surface area contributed by atoms with E-state index in [4.69, 9.17) is 4.74 Å². The Hall–Kier alpha value is -0.910. The van der Waals surface area contributed by atoms with Crippen molar-refractivity contribution >= 4 is 17.2 Å². The topological polar surface area (TPSA) is 32.8 Å². The number of rotatable bonds is 5. The van der Waals surface area contributed by atoms with E-state index < -0.39 is 0 Å². The average molecular weight is 365 g/mol. The molecule has 1 aliphatic heterocycles. The molecule has 1 aliphatic carbocycles. The first-order valence-corrected chi connectivity index (χ1v) is 10.3. The number of likely N-dealkylation sites (tertiary alicyclic amines) is 1. The van der Waals surface area contributed by atoms with Crippen LogP contribution in [0.4, 0.5) is 0 Å². The smallest absolute Gasteiger partial charge is 0.225 e. The Bertz CT molecular complexity index is 577. The Kier molecular flexibility index (Phi) is 5.57. The molecule has 25 heavy (non-hydrogen) atoms. The Labute approximate surface area is 156 Å². The number of hydrogen-bond donors (Lipinski definition) is 0. The molecule has 1 aromatic heterocycles. The molecule has 2 heterocycles. The normalized spacial score (nSPS) is 31.0. The zero-order valence-electron chi connectivity index (χ0n) is 16.1. The molecule has 5 heteroatoms. The number of hydrogen-bond acceptors (Lipinski definition) is 4. The first kappa shape index (κ1) is 18.9. The molecular formula is C20H32N2O2S. The predicted molar refractivity (Wildman–Crippen MR) is 103 cm³/mol. The highest BCUT2D eigenvalue weighted by Crippen LogP contribution is 2.52. The van der Waals surface area contributed by atoms with E-state index in [-0.39, 0.29) is 17.6 Å². The van der Waals surface area contributed by atoms with E-state index >= 15 is 0 Å². The van der Waals surface area contributed by atoms with Crippen molar-refractivity contribution < 1.29 is 9.53 Å². The van der Waals surface area contributed by atoms with Crippen LogP contribution < -0.4 is 0 Å². The maximum atomic E-state index is 12.5. The van der Waals surface area contributed by atoms with Gasteiger partial charge in [-0.2, -0.15) is 0 Å². The van der Waals surface area contributed by atoms with Crippen molar-refractivity contribution in [1.82, 2.24) is 9.80 Å². The second-order valence-electron chi connectivity index (χ2n) is 8.22. The lowest BCUT2D eigenvalue weighted by Crippen LogP contribution is -2.47. The molecule has 1 aromatic rings. The minimum Gasteiger partial charge on any atom is -0.381 e. The van der Waals surface area contributed by atoms with Crippen LogP contribution in [0.1, 0.15) is 50.3 Å². The van der Waals surface area contributed by atoms with Gasteiger partial charge in [0.1, 0.15) is 0 Å². The summed E-state index contributed by atoms with van der Waals surface area (Å²) in [7, 11) is 6.11. The van der Waals surface area contributed by atoms with Crippen LogP contribution in [0.2, 0.25) is 0 Å². The fourth-order valence-electron chi connectivity index (χ4n) is 4.67. The number of amides is 1. The molecule has 2 fully saturated rings. The van der Waals surface area contributed by atoms with Crippen molar-refractivity contribution in [3.8, 4) is 0 Å². The summed E-state index contributed by atoms with van der Waals surface area (Å²) in [5, 5.41) is 2.19. The van der Waals surface area contributed by atoms with Gasteiger partial charge in [-0.05, 0) is 70.0 Å². The van der Waals surface area contributed by atoms with Crippen molar-refractivity contribution in [3.63, 3.8) is 0 Å². The SMILES string of the molecule is COC(C)CC(=O)N1CCC2(CCC(c3cccs3)(N(C)C)CC2)C1. The molecule has 1 spiro atoms. The maximum Gasteiger partial charge on any atom is 0.225 e. The molecule has 1 saturated heterocycles. The molecule has 3 rings (SSSR count). The summed E-state index contributed by atoms with van der Waals surface area (Å²) in [6.45, 7) is 3.83. The van der Waals surface area contributed by atoms with Gasteiger partial charge in [-0.1, -0.05) is 6.07 Å². The van der Waals surface area contributed by atoms with Gasteiger partial charge in [-0.3, -0.25) is 9.69 Å². The van der Waals surface area contributed by atoms with Gasteiger partial charge >= 0.3 is 0 Å². The number of methoxy groups -OCH3 is 1. The van der Waals surface area contributed by atoms with Gasteiger partial charge in [0.25, 0.3) is 0 Å². The van der Waals surface area contributed by atoms with E-state index in [2.05, 4.69) is 41.4 Å². The minimum absolute atomic E-state index is 0.00984. The number of nitrogens with zero attached hydrogens (tertiary/aromatic N) is 2. The van der Waals surface area contributed by atoms with Gasteiger partial charge in [0, 0.05) is 25.1 Å². The first-order valence-electron chi connectivity index (χ1n) is 9.43. The van der Waals surface area contributed by atoms with Crippen LogP contribution in [-0.2, 0) is 15.1 Å². The zero-order chi connectivity index (χ0) is 18.1. The van der Waals surface area contributed by atoms with Gasteiger partial charge in [-0.15, -0.1) is 11.3 Å². The van der Waals surface area contributed by atoms with Crippen LogP contribution in [0.15, 0.2) is 17.5 Å². The zero-order valence-corrected chi connectivity index (χ0v) is 16.9. The lowest BCUT2D eigenvalue weighted by molar-refractivity contribution is -0.133. The molecule has 2 aliphatic rings. The van der Waals surface area contributed by atoms with Crippen molar-refractivity contribution in [2.75, 3.05) is 34.3 Å². The van der Waals surface area contributed by atoms with Crippen LogP contribution in [0.5, 0.6) is 0 Å². The van der Waals surface area contributed by atoms with Crippen LogP contribution in [0, 0.1) is 5.41 Å². The fourth-order valence-corrected chi connectivity index (χ4v) is 5.73. The summed E-state index contributed by atoms with van der Waals surface area (Å²) in [5.41, 5.74) is 0.518. The standard InChI is InChI=1S/C20H32N2O2S/c1-16(24-4)14-18(23)22-12-11-19(15-22)7-9-20(10-8-19,21(2)3)17-6-5-13-25-17/h5-6,13,16H,7-12,14-15H2,1-4H3. The summed E-state index contributed by atoms with van der Waals surface area (Å²) in [6, 6.07) is 4.46. The lowest BCUT2D eigenvalue weighted by Gasteiger charge is -2.48. The van der Waals surface area contributed by atoms with Gasteiger partial charge in [0.2, 0.25) is 5.91 Å². The van der Waals surface area contributed by atoms with E-state index in [0.717, 1.165) is 19.5 Å². The second-order valence-corrected chi connectivity index (χ2v) is 9.17. The van der Waals surface area contributed by atoms with Crippen molar-refractivity contribution in [2.24, 2.45) is 5.41 Å². The van der Waals surface area contributed by atoms with Crippen LogP contribution in [0.3, 0.4) is 0 Å².